The zero-order chi connectivity index (χ0) is 17.9. The molecule has 2 aromatic heterocycles. The number of amides is 1. The second-order valence-electron chi connectivity index (χ2n) is 7.12. The minimum Gasteiger partial charge on any atom is -0.333 e. The minimum atomic E-state index is 0.229. The van der Waals surface area contributed by atoms with Gasteiger partial charge in [0.15, 0.2) is 0 Å². The predicted molar refractivity (Wildman–Crippen MR) is 108 cm³/mol. The molecule has 3 aliphatic rings. The van der Waals surface area contributed by atoms with Crippen LogP contribution in [-0.2, 0) is 6.54 Å². The molecule has 4 nitrogen and oxygen atoms in total. The maximum Gasteiger partial charge on any atom is 0.264 e. The lowest BCUT2D eigenvalue weighted by Gasteiger charge is -2.36. The summed E-state index contributed by atoms with van der Waals surface area (Å²) in [5, 5.41) is 0. The summed E-state index contributed by atoms with van der Waals surface area (Å²) in [6.07, 6.45) is 4.21. The molecule has 1 amide bonds. The van der Waals surface area contributed by atoms with Crippen molar-refractivity contribution in [3.8, 4) is 0 Å². The van der Waals surface area contributed by atoms with Crippen molar-refractivity contribution in [1.82, 2.24) is 14.8 Å². The molecule has 5 heterocycles. The van der Waals surface area contributed by atoms with E-state index >= 15 is 0 Å². The zero-order valence-electron chi connectivity index (χ0n) is 15.1. The first kappa shape index (κ1) is 18.0. The molecule has 26 heavy (non-hydrogen) atoms. The van der Waals surface area contributed by atoms with Crippen molar-refractivity contribution < 1.29 is 4.79 Å². The van der Waals surface area contributed by atoms with Crippen molar-refractivity contribution in [1.29, 1.82) is 0 Å². The van der Waals surface area contributed by atoms with Gasteiger partial charge < -0.3 is 4.90 Å². The van der Waals surface area contributed by atoms with Gasteiger partial charge in [-0.25, -0.2) is 0 Å². The Morgan fingerprint density at radius 2 is 2.15 bits per heavy atom. The summed E-state index contributed by atoms with van der Waals surface area (Å²) < 4.78 is 1.24. The molecule has 5 rings (SSSR count). The smallest absolute Gasteiger partial charge is 0.264 e. The molecule has 0 aliphatic carbocycles. The van der Waals surface area contributed by atoms with Gasteiger partial charge in [0.1, 0.15) is 0 Å². The molecule has 0 unspecified atom stereocenters. The number of nitrogens with zero attached hydrogens (tertiary/aromatic N) is 3. The Hall–Kier alpha value is -1.37. The largest absolute Gasteiger partial charge is 0.333 e. The topological polar surface area (TPSA) is 36.4 Å². The van der Waals surface area contributed by atoms with Gasteiger partial charge in [-0.3, -0.25) is 14.7 Å². The van der Waals surface area contributed by atoms with Gasteiger partial charge in [-0.05, 0) is 48.8 Å². The number of thiophene rings is 1. The fourth-order valence-corrected chi connectivity index (χ4v) is 6.07. The summed E-state index contributed by atoms with van der Waals surface area (Å²) in [7, 11) is 0. The maximum absolute atomic E-state index is 13.1. The molecular weight excluding hydrogens is 362 g/mol. The molecule has 0 aromatic carbocycles. The molecule has 0 radical (unpaired) electrons. The molecule has 2 aromatic rings. The number of thioether (sulfide) groups is 1. The SMILES string of the molecule is CCSc1ccc(C(=O)N2C[C@@H]3CC[C@H]2CN(Cc2ccccn2)C3)s1. The van der Waals surface area contributed by atoms with Crippen LogP contribution in [0.5, 0.6) is 0 Å². The van der Waals surface area contributed by atoms with Crippen LogP contribution in [-0.4, -0.2) is 52.1 Å². The van der Waals surface area contributed by atoms with Crippen molar-refractivity contribution >= 4 is 29.0 Å². The van der Waals surface area contributed by atoms with E-state index in [1.54, 1.807) is 11.3 Å². The van der Waals surface area contributed by atoms with E-state index in [0.717, 1.165) is 48.9 Å². The van der Waals surface area contributed by atoms with E-state index in [0.29, 0.717) is 12.0 Å². The Labute approximate surface area is 163 Å². The monoisotopic (exact) mass is 387 g/mol. The maximum atomic E-state index is 13.1. The van der Waals surface area contributed by atoms with Gasteiger partial charge in [0, 0.05) is 38.4 Å². The van der Waals surface area contributed by atoms with E-state index < -0.39 is 0 Å². The van der Waals surface area contributed by atoms with Crippen LogP contribution in [0.15, 0.2) is 40.7 Å². The Morgan fingerprint density at radius 3 is 2.96 bits per heavy atom. The van der Waals surface area contributed by atoms with Crippen molar-refractivity contribution in [2.45, 2.75) is 36.6 Å². The van der Waals surface area contributed by atoms with Gasteiger partial charge in [0.25, 0.3) is 5.91 Å². The van der Waals surface area contributed by atoms with Gasteiger partial charge in [-0.1, -0.05) is 13.0 Å². The quantitative estimate of drug-likeness (QED) is 0.727. The van der Waals surface area contributed by atoms with Crippen molar-refractivity contribution in [3.63, 3.8) is 0 Å². The lowest BCUT2D eigenvalue weighted by molar-refractivity contribution is 0.0590. The van der Waals surface area contributed by atoms with E-state index in [2.05, 4.69) is 33.8 Å². The normalized spacial score (nSPS) is 23.2. The van der Waals surface area contributed by atoms with Crippen LogP contribution in [0, 0.1) is 5.92 Å². The van der Waals surface area contributed by atoms with E-state index in [4.69, 9.17) is 0 Å². The number of aromatic nitrogens is 1. The fourth-order valence-electron chi connectivity index (χ4n) is 4.07. The summed E-state index contributed by atoms with van der Waals surface area (Å²) in [6, 6.07) is 10.5. The number of hydrogen-bond donors (Lipinski definition) is 0. The van der Waals surface area contributed by atoms with Crippen LogP contribution < -0.4 is 0 Å². The third kappa shape index (κ3) is 3.97. The molecule has 0 saturated carbocycles. The van der Waals surface area contributed by atoms with Crippen molar-refractivity contribution in [2.75, 3.05) is 25.4 Å². The Balaban J connectivity index is 1.46. The highest BCUT2D eigenvalue weighted by Crippen LogP contribution is 2.33. The van der Waals surface area contributed by atoms with Crippen LogP contribution in [0.2, 0.25) is 0 Å². The van der Waals surface area contributed by atoms with Crippen LogP contribution in [0.1, 0.15) is 35.1 Å². The van der Waals surface area contributed by atoms with E-state index in [-0.39, 0.29) is 5.91 Å². The highest BCUT2D eigenvalue weighted by Gasteiger charge is 2.37. The standard InChI is InChI=1S/C20H25N3OS2/c1-2-25-19-9-8-18(26-19)20(24)23-12-15-6-7-17(23)14-22(11-15)13-16-5-3-4-10-21-16/h3-5,8-10,15,17H,2,6-7,11-14H2,1H3/t15-,17+/m1/s1. The van der Waals surface area contributed by atoms with Crippen LogP contribution in [0.25, 0.3) is 0 Å². The third-order valence-electron chi connectivity index (χ3n) is 5.24. The number of hydrogen-bond acceptors (Lipinski definition) is 5. The molecule has 3 fully saturated rings. The number of pyridine rings is 1. The summed E-state index contributed by atoms with van der Waals surface area (Å²) in [5.41, 5.74) is 1.12. The van der Waals surface area contributed by atoms with Gasteiger partial charge >= 0.3 is 0 Å². The highest BCUT2D eigenvalue weighted by molar-refractivity contribution is 8.01. The molecule has 138 valence electrons. The average Bonchev–Trinajstić information content (AvgIpc) is 2.95. The van der Waals surface area contributed by atoms with Crippen molar-refractivity contribution in [3.05, 3.63) is 47.1 Å². The lowest BCUT2D eigenvalue weighted by Crippen LogP contribution is -2.47. The van der Waals surface area contributed by atoms with E-state index in [9.17, 15) is 4.79 Å². The van der Waals surface area contributed by atoms with Crippen LogP contribution >= 0.6 is 23.1 Å². The number of rotatable bonds is 5. The number of fused-ring (bicyclic) bond motifs is 4. The third-order valence-corrected chi connectivity index (χ3v) is 7.42. The number of carbonyl (C=O) groups is 1. The summed E-state index contributed by atoms with van der Waals surface area (Å²) in [5.74, 6) is 1.85. The van der Waals surface area contributed by atoms with Gasteiger partial charge in [-0.15, -0.1) is 23.1 Å². The summed E-state index contributed by atoms with van der Waals surface area (Å²) in [4.78, 5) is 23.1. The fraction of sp³-hybridized carbons (Fsp3) is 0.500. The second-order valence-corrected chi connectivity index (χ2v) is 9.77. The average molecular weight is 388 g/mol. The molecule has 6 heteroatoms. The zero-order valence-corrected chi connectivity index (χ0v) is 16.8. The van der Waals surface area contributed by atoms with Gasteiger partial charge in [-0.2, -0.15) is 0 Å². The molecule has 3 saturated heterocycles. The lowest BCUT2D eigenvalue weighted by atomic mass is 9.95. The van der Waals surface area contributed by atoms with Crippen LogP contribution in [0.4, 0.5) is 0 Å². The first-order valence-corrected chi connectivity index (χ1v) is 11.2. The summed E-state index contributed by atoms with van der Waals surface area (Å²) in [6.45, 7) is 5.96. The number of piperidine rings is 1. The summed E-state index contributed by atoms with van der Waals surface area (Å²) >= 11 is 3.46. The first-order chi connectivity index (χ1) is 12.7. The van der Waals surface area contributed by atoms with E-state index in [1.807, 2.05) is 36.2 Å². The molecule has 2 bridgehead atoms. The number of carbonyl (C=O) groups excluding carboxylic acids is 1. The molecule has 0 N–H and O–H groups in total. The Kier molecular flexibility index (Phi) is 5.62. The Morgan fingerprint density at radius 1 is 1.23 bits per heavy atom. The molecule has 3 aliphatic heterocycles. The second kappa shape index (κ2) is 8.11. The Bertz CT molecular complexity index is 749. The van der Waals surface area contributed by atoms with Gasteiger partial charge in [0.2, 0.25) is 0 Å². The molecule has 0 spiro atoms. The van der Waals surface area contributed by atoms with E-state index in [1.165, 1.54) is 10.6 Å². The highest BCUT2D eigenvalue weighted by atomic mass is 32.2. The van der Waals surface area contributed by atoms with Gasteiger partial charge in [0.05, 0.1) is 14.8 Å². The first-order valence-electron chi connectivity index (χ1n) is 9.38. The predicted octanol–water partition coefficient (Wildman–Crippen LogP) is 3.99. The van der Waals surface area contributed by atoms with Crippen LogP contribution in [0.3, 0.4) is 0 Å². The minimum absolute atomic E-state index is 0.229. The molecular formula is C20H25N3OS2. The van der Waals surface area contributed by atoms with Crippen molar-refractivity contribution in [2.24, 2.45) is 5.92 Å². The molecule has 2 atom stereocenters.